The summed E-state index contributed by atoms with van der Waals surface area (Å²) in [4.78, 5) is 16.4. The molecule has 4 aromatic rings. The zero-order chi connectivity index (χ0) is 20.5. The van der Waals surface area contributed by atoms with Crippen LogP contribution in [0.3, 0.4) is 0 Å². The topological polar surface area (TPSA) is 66.2 Å². The van der Waals surface area contributed by atoms with E-state index in [1.54, 1.807) is 0 Å². The number of aryl methyl sites for hydroxylation is 1. The van der Waals surface area contributed by atoms with Gasteiger partial charge in [0, 0.05) is 16.5 Å². The third-order valence-electron chi connectivity index (χ3n) is 5.22. The molecule has 0 saturated heterocycles. The molecule has 29 heavy (non-hydrogen) atoms. The van der Waals surface area contributed by atoms with Crippen LogP contribution in [0.1, 0.15) is 48.2 Å². The molecule has 0 aliphatic heterocycles. The van der Waals surface area contributed by atoms with Gasteiger partial charge in [0.15, 0.2) is 5.76 Å². The number of carbonyl (C=O) groups is 1. The van der Waals surface area contributed by atoms with E-state index in [9.17, 15) is 9.90 Å². The summed E-state index contributed by atoms with van der Waals surface area (Å²) < 4.78 is 6.01. The van der Waals surface area contributed by atoms with Crippen molar-refractivity contribution in [2.24, 2.45) is 0 Å². The van der Waals surface area contributed by atoms with E-state index >= 15 is 0 Å². The summed E-state index contributed by atoms with van der Waals surface area (Å²) in [6.45, 7) is 6.34. The van der Waals surface area contributed by atoms with Gasteiger partial charge in [-0.05, 0) is 53.8 Å². The fourth-order valence-electron chi connectivity index (χ4n) is 3.45. The minimum Gasteiger partial charge on any atom is -0.545 e. The fourth-order valence-corrected chi connectivity index (χ4v) is 3.45. The van der Waals surface area contributed by atoms with Gasteiger partial charge in [0.1, 0.15) is 11.5 Å². The van der Waals surface area contributed by atoms with Crippen molar-refractivity contribution < 1.29 is 14.3 Å². The van der Waals surface area contributed by atoms with Gasteiger partial charge in [-0.1, -0.05) is 51.1 Å². The lowest BCUT2D eigenvalue weighted by Gasteiger charge is -2.10. The number of furan rings is 1. The van der Waals surface area contributed by atoms with Crippen LogP contribution in [-0.2, 0) is 6.42 Å². The highest BCUT2D eigenvalue weighted by atomic mass is 16.4. The van der Waals surface area contributed by atoms with Crippen LogP contribution in [0.2, 0.25) is 0 Å². The molecule has 4 nitrogen and oxygen atoms in total. The fraction of sp³-hybridized carbons (Fsp3) is 0.200. The van der Waals surface area contributed by atoms with Gasteiger partial charge in [-0.3, -0.25) is 0 Å². The molecule has 0 bridgehead atoms. The molecule has 0 aliphatic carbocycles. The van der Waals surface area contributed by atoms with E-state index in [0.717, 1.165) is 17.5 Å². The highest BCUT2D eigenvalue weighted by Crippen LogP contribution is 2.31. The van der Waals surface area contributed by atoms with Crippen molar-refractivity contribution in [1.82, 2.24) is 4.98 Å². The summed E-state index contributed by atoms with van der Waals surface area (Å²) >= 11 is 0. The molecule has 0 unspecified atom stereocenters. The van der Waals surface area contributed by atoms with Crippen molar-refractivity contribution in [3.05, 3.63) is 77.4 Å². The second kappa shape index (κ2) is 7.55. The summed E-state index contributed by atoms with van der Waals surface area (Å²) in [5, 5.41) is 12.3. The SMILES string of the molecule is CCc1ccc2nc(-c3ccc(-c4ccc(C(C)C)cc4)o3)cc(C(=O)[O-])c2c1. The summed E-state index contributed by atoms with van der Waals surface area (Å²) in [7, 11) is 0. The van der Waals surface area contributed by atoms with Crippen molar-refractivity contribution >= 4 is 16.9 Å². The van der Waals surface area contributed by atoms with Crippen molar-refractivity contribution in [1.29, 1.82) is 0 Å². The van der Waals surface area contributed by atoms with E-state index in [0.29, 0.717) is 34.0 Å². The highest BCUT2D eigenvalue weighted by molar-refractivity contribution is 6.03. The zero-order valence-electron chi connectivity index (χ0n) is 16.7. The van der Waals surface area contributed by atoms with Gasteiger partial charge in [0.2, 0.25) is 0 Å². The molecule has 0 atom stereocenters. The molecule has 0 spiro atoms. The number of aromatic nitrogens is 1. The van der Waals surface area contributed by atoms with Crippen molar-refractivity contribution in [2.75, 3.05) is 0 Å². The van der Waals surface area contributed by atoms with Gasteiger partial charge in [0.25, 0.3) is 0 Å². The Bertz CT molecular complexity index is 1190. The normalized spacial score (nSPS) is 11.3. The lowest BCUT2D eigenvalue weighted by molar-refractivity contribution is -0.254. The maximum absolute atomic E-state index is 11.7. The predicted octanol–water partition coefficient (Wildman–Crippen LogP) is 5.21. The smallest absolute Gasteiger partial charge is 0.153 e. The summed E-state index contributed by atoms with van der Waals surface area (Å²) in [6.07, 6.45) is 0.821. The number of hydrogen-bond acceptors (Lipinski definition) is 4. The number of fused-ring (bicyclic) bond motifs is 1. The number of carboxylic acid groups (broad SMARTS) is 1. The Hall–Kier alpha value is -3.40. The third kappa shape index (κ3) is 3.66. The van der Waals surface area contributed by atoms with Crippen molar-refractivity contribution in [3.8, 4) is 22.8 Å². The van der Waals surface area contributed by atoms with Crippen LogP contribution in [0.4, 0.5) is 0 Å². The Morgan fingerprint density at radius 2 is 1.72 bits per heavy atom. The van der Waals surface area contributed by atoms with Gasteiger partial charge in [-0.15, -0.1) is 0 Å². The average molecular weight is 384 g/mol. The summed E-state index contributed by atoms with van der Waals surface area (Å²) in [5.41, 5.74) is 4.50. The van der Waals surface area contributed by atoms with Crippen LogP contribution < -0.4 is 5.11 Å². The Morgan fingerprint density at radius 3 is 2.38 bits per heavy atom. The minimum atomic E-state index is -1.22. The van der Waals surface area contributed by atoms with Crippen molar-refractivity contribution in [2.45, 2.75) is 33.1 Å². The number of rotatable bonds is 5. The zero-order valence-corrected chi connectivity index (χ0v) is 16.7. The molecule has 0 radical (unpaired) electrons. The summed E-state index contributed by atoms with van der Waals surface area (Å²) in [5.74, 6) is 0.489. The predicted molar refractivity (Wildman–Crippen MR) is 113 cm³/mol. The lowest BCUT2D eigenvalue weighted by Crippen LogP contribution is -2.22. The number of nitrogens with zero attached hydrogens (tertiary/aromatic N) is 1. The largest absolute Gasteiger partial charge is 0.545 e. The Kier molecular flexibility index (Phi) is 4.93. The average Bonchev–Trinajstić information content (AvgIpc) is 3.22. The number of pyridine rings is 1. The summed E-state index contributed by atoms with van der Waals surface area (Å²) in [6, 6.07) is 19.1. The molecular formula is C25H22NO3-. The molecule has 0 amide bonds. The number of benzene rings is 2. The Morgan fingerprint density at radius 1 is 1.00 bits per heavy atom. The maximum Gasteiger partial charge on any atom is 0.153 e. The standard InChI is InChI=1S/C25H23NO3/c1-4-16-5-10-21-19(13-16)20(25(27)28)14-22(26-21)24-12-11-23(29-24)18-8-6-17(7-9-18)15(2)3/h5-15H,4H2,1-3H3,(H,27,28)/p-1. The van der Waals surface area contributed by atoms with Gasteiger partial charge in [0.05, 0.1) is 11.5 Å². The lowest BCUT2D eigenvalue weighted by atomic mass is 10.0. The highest BCUT2D eigenvalue weighted by Gasteiger charge is 2.13. The molecule has 2 aromatic heterocycles. The number of aromatic carboxylic acids is 1. The Labute approximate surface area is 169 Å². The third-order valence-corrected chi connectivity index (χ3v) is 5.22. The van der Waals surface area contributed by atoms with Crippen LogP contribution in [0, 0.1) is 0 Å². The monoisotopic (exact) mass is 384 g/mol. The van der Waals surface area contributed by atoms with E-state index in [4.69, 9.17) is 4.42 Å². The molecule has 2 heterocycles. The molecule has 2 aromatic carbocycles. The van der Waals surface area contributed by atoms with Gasteiger partial charge < -0.3 is 14.3 Å². The van der Waals surface area contributed by atoms with E-state index < -0.39 is 5.97 Å². The molecule has 0 saturated carbocycles. The molecule has 0 fully saturated rings. The Balaban J connectivity index is 1.76. The van der Waals surface area contributed by atoms with E-state index in [1.807, 2.05) is 49.4 Å². The number of hydrogen-bond donors (Lipinski definition) is 0. The first-order chi connectivity index (χ1) is 14.0. The minimum absolute atomic E-state index is 0.125. The van der Waals surface area contributed by atoms with Crippen molar-refractivity contribution in [3.63, 3.8) is 0 Å². The first kappa shape index (κ1) is 18.9. The molecule has 4 heteroatoms. The van der Waals surface area contributed by atoms with Gasteiger partial charge >= 0.3 is 0 Å². The first-order valence-corrected chi connectivity index (χ1v) is 9.82. The molecule has 0 aliphatic rings. The van der Waals surface area contributed by atoms with E-state index in [2.05, 4.69) is 31.0 Å². The van der Waals surface area contributed by atoms with Crippen LogP contribution >= 0.6 is 0 Å². The molecule has 0 N–H and O–H groups in total. The molecule has 146 valence electrons. The van der Waals surface area contributed by atoms with E-state index in [-0.39, 0.29) is 5.56 Å². The maximum atomic E-state index is 11.7. The first-order valence-electron chi connectivity index (χ1n) is 9.82. The number of carboxylic acids is 1. The van der Waals surface area contributed by atoms with Crippen LogP contribution in [-0.4, -0.2) is 11.0 Å². The second-order valence-corrected chi connectivity index (χ2v) is 7.49. The molecule has 4 rings (SSSR count). The second-order valence-electron chi connectivity index (χ2n) is 7.49. The van der Waals surface area contributed by atoms with Gasteiger partial charge in [-0.2, -0.15) is 0 Å². The van der Waals surface area contributed by atoms with Crippen LogP contribution in [0.25, 0.3) is 33.7 Å². The van der Waals surface area contributed by atoms with Gasteiger partial charge in [-0.25, -0.2) is 4.98 Å². The molecular weight excluding hydrogens is 362 g/mol. The van der Waals surface area contributed by atoms with Crippen LogP contribution in [0.15, 0.2) is 65.1 Å². The van der Waals surface area contributed by atoms with Crippen LogP contribution in [0.5, 0.6) is 0 Å². The number of carbonyl (C=O) groups excluding carboxylic acids is 1. The van der Waals surface area contributed by atoms with E-state index in [1.165, 1.54) is 11.6 Å². The quantitative estimate of drug-likeness (QED) is 0.474.